The van der Waals surface area contributed by atoms with Crippen LogP contribution in [0.3, 0.4) is 0 Å². The van der Waals surface area contributed by atoms with E-state index in [0.717, 1.165) is 0 Å². The van der Waals surface area contributed by atoms with Crippen molar-refractivity contribution in [2.45, 2.75) is 19.0 Å². The van der Waals surface area contributed by atoms with Crippen LogP contribution in [0.1, 0.15) is 23.8 Å². The van der Waals surface area contributed by atoms with E-state index in [9.17, 15) is 14.7 Å². The highest BCUT2D eigenvalue weighted by Gasteiger charge is 2.45. The van der Waals surface area contributed by atoms with Crippen molar-refractivity contribution in [3.8, 4) is 0 Å². The molecule has 1 aliphatic rings. The summed E-state index contributed by atoms with van der Waals surface area (Å²) in [5, 5.41) is 13.0. The van der Waals surface area contributed by atoms with Gasteiger partial charge in [-0.15, -0.1) is 0 Å². The number of amides is 1. The number of likely N-dealkylation sites (tertiary alicyclic amines) is 1. The van der Waals surface area contributed by atoms with Crippen LogP contribution in [0.5, 0.6) is 0 Å². The van der Waals surface area contributed by atoms with E-state index in [4.69, 9.17) is 4.42 Å². The molecular formula is C21H19N3O4. The second-order valence-corrected chi connectivity index (χ2v) is 6.56. The van der Waals surface area contributed by atoms with Gasteiger partial charge in [-0.05, 0) is 17.7 Å². The molecule has 0 spiro atoms. The quantitative estimate of drug-likeness (QED) is 0.302. The Bertz CT molecular complexity index is 992. The number of aryl methyl sites for hydroxylation is 1. The number of benzene rings is 1. The third kappa shape index (κ3) is 3.22. The van der Waals surface area contributed by atoms with Crippen molar-refractivity contribution in [3.05, 3.63) is 84.3 Å². The zero-order valence-electron chi connectivity index (χ0n) is 15.1. The Labute approximate surface area is 161 Å². The minimum atomic E-state index is -0.807. The maximum absolute atomic E-state index is 13.0. The number of ketones is 1. The monoisotopic (exact) mass is 377 g/mol. The maximum Gasteiger partial charge on any atom is 0.295 e. The zero-order valence-corrected chi connectivity index (χ0v) is 15.1. The van der Waals surface area contributed by atoms with Gasteiger partial charge in [-0.2, -0.15) is 0 Å². The average Bonchev–Trinajstić information content (AvgIpc) is 3.46. The molecule has 0 radical (unpaired) electrons. The third-order valence-corrected chi connectivity index (χ3v) is 4.80. The highest BCUT2D eigenvalue weighted by atomic mass is 16.3. The fourth-order valence-corrected chi connectivity index (χ4v) is 3.47. The number of rotatable bonds is 6. The molecule has 1 saturated heterocycles. The van der Waals surface area contributed by atoms with Gasteiger partial charge in [0.05, 0.1) is 12.8 Å². The number of Topliss-reactive ketones (excluding diaryl/α,β-unsaturated/α-hetero) is 1. The fraction of sp³-hybridized carbons (Fsp3) is 0.190. The average molecular weight is 377 g/mol. The predicted molar refractivity (Wildman–Crippen MR) is 97.1 cm³/mol. The van der Waals surface area contributed by atoms with E-state index >= 15 is 0 Å². The summed E-state index contributed by atoms with van der Waals surface area (Å²) in [5.74, 6) is -1.46. The van der Waals surface area contributed by atoms with E-state index in [-0.39, 0.29) is 5.57 Å². The molecule has 4 rings (SSSR count). The lowest BCUT2D eigenvalue weighted by Gasteiger charge is -2.25. The Kier molecular flexibility index (Phi) is 4.80. The summed E-state index contributed by atoms with van der Waals surface area (Å²) in [5.41, 5.74) is 0.320. The van der Waals surface area contributed by atoms with Crippen molar-refractivity contribution < 1.29 is 23.7 Å². The number of furan rings is 1. The molecule has 7 heteroatoms. The molecule has 1 aromatic carbocycles. The molecule has 3 aromatic rings. The zero-order chi connectivity index (χ0) is 19.5. The molecule has 1 N–H and O–H groups in total. The largest absolute Gasteiger partial charge is 0.872 e. The summed E-state index contributed by atoms with van der Waals surface area (Å²) >= 11 is 0. The van der Waals surface area contributed by atoms with Crippen LogP contribution >= 0.6 is 0 Å². The van der Waals surface area contributed by atoms with Gasteiger partial charge in [0, 0.05) is 18.5 Å². The molecule has 1 fully saturated rings. The first-order chi connectivity index (χ1) is 13.7. The van der Waals surface area contributed by atoms with Gasteiger partial charge in [-0.25, -0.2) is 4.57 Å². The number of imidazole rings is 1. The summed E-state index contributed by atoms with van der Waals surface area (Å²) in [7, 11) is 0. The van der Waals surface area contributed by atoms with E-state index in [1.807, 2.05) is 17.1 Å². The van der Waals surface area contributed by atoms with Gasteiger partial charge in [-0.3, -0.25) is 14.6 Å². The van der Waals surface area contributed by atoms with Gasteiger partial charge < -0.3 is 14.4 Å². The number of hydrogen-bond donors (Lipinski definition) is 1. The number of hydrogen-bond acceptors (Lipinski definition) is 4. The number of aromatic nitrogens is 2. The van der Waals surface area contributed by atoms with E-state index in [0.29, 0.717) is 30.8 Å². The molecule has 142 valence electrons. The summed E-state index contributed by atoms with van der Waals surface area (Å²) in [6, 6.07) is 11.1. The first-order valence-electron chi connectivity index (χ1n) is 9.04. The number of nitrogens with one attached hydrogen (secondary N) is 1. The van der Waals surface area contributed by atoms with Gasteiger partial charge in [0.15, 0.2) is 0 Å². The van der Waals surface area contributed by atoms with Crippen LogP contribution in [0.25, 0.3) is 5.76 Å². The molecule has 28 heavy (non-hydrogen) atoms. The Balaban J connectivity index is 1.68. The van der Waals surface area contributed by atoms with Crippen molar-refractivity contribution in [1.29, 1.82) is 0 Å². The summed E-state index contributed by atoms with van der Waals surface area (Å²) < 4.78 is 7.43. The summed E-state index contributed by atoms with van der Waals surface area (Å²) in [6.07, 6.45) is 7.61. The predicted octanol–water partition coefficient (Wildman–Crippen LogP) is 1.21. The van der Waals surface area contributed by atoms with Crippen molar-refractivity contribution in [2.24, 2.45) is 0 Å². The Morgan fingerprint density at radius 3 is 2.68 bits per heavy atom. The standard InChI is InChI=1S/C21H19N3O4/c25-19(15-6-2-1-3-7-15)17-18(16-8-4-13-28-16)24(21(27)20(17)26)11-5-10-23-12-9-22-14-23/h1-4,6-9,12-14,18H,5,10-11H2,(H,25,26). The van der Waals surface area contributed by atoms with Gasteiger partial charge in [0.2, 0.25) is 12.1 Å². The fourth-order valence-electron chi connectivity index (χ4n) is 3.47. The van der Waals surface area contributed by atoms with Gasteiger partial charge >= 0.3 is 0 Å². The minimum absolute atomic E-state index is 0.0551. The summed E-state index contributed by atoms with van der Waals surface area (Å²) in [4.78, 5) is 29.8. The molecule has 7 nitrogen and oxygen atoms in total. The molecule has 2 aromatic heterocycles. The van der Waals surface area contributed by atoms with Crippen LogP contribution in [0.4, 0.5) is 0 Å². The third-order valence-electron chi connectivity index (χ3n) is 4.80. The molecule has 1 atom stereocenters. The van der Waals surface area contributed by atoms with Gasteiger partial charge in [-0.1, -0.05) is 36.1 Å². The van der Waals surface area contributed by atoms with Crippen molar-refractivity contribution >= 4 is 17.4 Å². The number of carbonyl (C=O) groups excluding carboxylic acids is 2. The van der Waals surface area contributed by atoms with Crippen LogP contribution in [-0.2, 0) is 16.1 Å². The molecule has 0 bridgehead atoms. The van der Waals surface area contributed by atoms with Gasteiger partial charge in [0.25, 0.3) is 5.91 Å². The Morgan fingerprint density at radius 2 is 2.00 bits per heavy atom. The second kappa shape index (κ2) is 7.56. The van der Waals surface area contributed by atoms with Crippen LogP contribution in [-0.4, -0.2) is 28.1 Å². The Hall–Kier alpha value is -3.61. The molecule has 0 aliphatic carbocycles. The van der Waals surface area contributed by atoms with Crippen LogP contribution in [0, 0.1) is 0 Å². The van der Waals surface area contributed by atoms with Crippen LogP contribution in [0.2, 0.25) is 0 Å². The van der Waals surface area contributed by atoms with E-state index in [1.165, 1.54) is 11.2 Å². The number of carbonyl (C=O) groups is 2. The van der Waals surface area contributed by atoms with E-state index in [2.05, 4.69) is 4.98 Å². The normalized spacial score (nSPS) is 18.7. The highest BCUT2D eigenvalue weighted by Crippen LogP contribution is 2.38. The first kappa shape index (κ1) is 17.8. The van der Waals surface area contributed by atoms with Gasteiger partial charge in [0.1, 0.15) is 24.2 Å². The number of nitrogens with zero attached hydrogens (tertiary/aromatic N) is 2. The lowest BCUT2D eigenvalue weighted by molar-refractivity contribution is -0.695. The lowest BCUT2D eigenvalue weighted by Crippen LogP contribution is -2.36. The van der Waals surface area contributed by atoms with Crippen molar-refractivity contribution in [3.63, 3.8) is 0 Å². The lowest BCUT2D eigenvalue weighted by atomic mass is 9.99. The molecule has 1 amide bonds. The van der Waals surface area contributed by atoms with Crippen LogP contribution in [0.15, 0.2) is 77.4 Å². The highest BCUT2D eigenvalue weighted by molar-refractivity contribution is 6.46. The molecule has 0 saturated carbocycles. The number of aromatic amines is 1. The smallest absolute Gasteiger partial charge is 0.295 e. The SMILES string of the molecule is O=C1C(=O)N(CCC[n+]2cc[nH]c2)C(c2ccco2)C1=C([O-])c1ccccc1. The van der Waals surface area contributed by atoms with E-state index < -0.39 is 23.5 Å². The van der Waals surface area contributed by atoms with Crippen molar-refractivity contribution in [2.75, 3.05) is 6.54 Å². The molecule has 1 unspecified atom stereocenters. The maximum atomic E-state index is 13.0. The van der Waals surface area contributed by atoms with E-state index in [1.54, 1.807) is 48.7 Å². The summed E-state index contributed by atoms with van der Waals surface area (Å²) in [6.45, 7) is 1.01. The Morgan fingerprint density at radius 1 is 1.18 bits per heavy atom. The number of H-pyrrole nitrogens is 1. The topological polar surface area (TPSA) is 93.2 Å². The minimum Gasteiger partial charge on any atom is -0.872 e. The molecule has 3 heterocycles. The van der Waals surface area contributed by atoms with Crippen molar-refractivity contribution in [1.82, 2.24) is 9.88 Å². The van der Waals surface area contributed by atoms with Crippen LogP contribution < -0.4 is 9.67 Å². The molecular weight excluding hydrogens is 358 g/mol. The molecule has 1 aliphatic heterocycles. The second-order valence-electron chi connectivity index (χ2n) is 6.56. The first-order valence-corrected chi connectivity index (χ1v) is 9.04.